The highest BCUT2D eigenvalue weighted by molar-refractivity contribution is 6.31. The molecule has 1 saturated carbocycles. The van der Waals surface area contributed by atoms with Gasteiger partial charge < -0.3 is 9.80 Å². The van der Waals surface area contributed by atoms with Gasteiger partial charge in [-0.05, 0) is 44.3 Å². The fraction of sp³-hybridized carbons (Fsp3) is 0.524. The third-order valence-electron chi connectivity index (χ3n) is 5.85. The van der Waals surface area contributed by atoms with Crippen LogP contribution in [0.2, 0.25) is 5.02 Å². The summed E-state index contributed by atoms with van der Waals surface area (Å²) in [5, 5.41) is 5.09. The molecule has 0 radical (unpaired) electrons. The third-order valence-corrected chi connectivity index (χ3v) is 6.17. The van der Waals surface area contributed by atoms with Gasteiger partial charge in [-0.2, -0.15) is 5.10 Å². The van der Waals surface area contributed by atoms with Crippen molar-refractivity contribution in [3.05, 3.63) is 52.8 Å². The number of benzene rings is 1. The maximum absolute atomic E-state index is 13.6. The molecule has 1 aliphatic carbocycles. The number of carbonyl (C=O) groups excluding carboxylic acids is 1. The van der Waals surface area contributed by atoms with Crippen LogP contribution in [0.3, 0.4) is 0 Å². The molecule has 1 amide bonds. The molecular weight excluding hydrogens is 360 g/mol. The number of hydrogen-bond donors (Lipinski definition) is 0. The number of amides is 1. The molecule has 1 aromatic heterocycles. The lowest BCUT2D eigenvalue weighted by atomic mass is 9.94. The van der Waals surface area contributed by atoms with Crippen LogP contribution in [0.5, 0.6) is 0 Å². The fourth-order valence-electron chi connectivity index (χ4n) is 4.13. The summed E-state index contributed by atoms with van der Waals surface area (Å²) in [7, 11) is 1.86. The van der Waals surface area contributed by atoms with Gasteiger partial charge in [0.2, 0.25) is 5.91 Å². The number of halogens is 1. The van der Waals surface area contributed by atoms with Gasteiger partial charge in [-0.3, -0.25) is 9.48 Å². The van der Waals surface area contributed by atoms with Gasteiger partial charge in [-0.15, -0.1) is 0 Å². The van der Waals surface area contributed by atoms with Crippen LogP contribution in [0.15, 0.2) is 36.5 Å². The second-order valence-corrected chi connectivity index (χ2v) is 8.23. The summed E-state index contributed by atoms with van der Waals surface area (Å²) >= 11 is 6.34. The van der Waals surface area contributed by atoms with Crippen LogP contribution in [0.1, 0.15) is 36.9 Å². The lowest BCUT2D eigenvalue weighted by Gasteiger charge is -2.29. The first-order chi connectivity index (χ1) is 13.1. The van der Waals surface area contributed by atoms with Crippen molar-refractivity contribution < 1.29 is 4.79 Å². The molecule has 5 nitrogen and oxygen atoms in total. The first kappa shape index (κ1) is 18.5. The molecule has 2 aromatic rings. The predicted octanol–water partition coefficient (Wildman–Crippen LogP) is 3.23. The minimum Gasteiger partial charge on any atom is -0.335 e. The normalized spacial score (nSPS) is 18.6. The largest absolute Gasteiger partial charge is 0.335 e. The zero-order valence-corrected chi connectivity index (χ0v) is 16.7. The quantitative estimate of drug-likeness (QED) is 0.733. The van der Waals surface area contributed by atoms with Gasteiger partial charge in [-0.25, -0.2) is 0 Å². The molecule has 2 aliphatic rings. The van der Waals surface area contributed by atoms with Crippen molar-refractivity contribution in [1.29, 1.82) is 0 Å². The van der Waals surface area contributed by atoms with Gasteiger partial charge in [0.1, 0.15) is 5.69 Å². The Morgan fingerprint density at radius 3 is 2.52 bits per heavy atom. The highest BCUT2D eigenvalue weighted by Crippen LogP contribution is 2.49. The number of likely N-dealkylation sites (tertiary alicyclic amines) is 1. The summed E-state index contributed by atoms with van der Waals surface area (Å²) in [6, 6.07) is 10.2. The average Bonchev–Trinajstić information content (AvgIpc) is 3.20. The summed E-state index contributed by atoms with van der Waals surface area (Å²) in [6.07, 6.45) is 6.16. The second-order valence-electron chi connectivity index (χ2n) is 7.82. The van der Waals surface area contributed by atoms with Crippen molar-refractivity contribution in [2.45, 2.75) is 37.6 Å². The molecule has 0 unspecified atom stereocenters. The molecule has 0 spiro atoms. The molecule has 0 bridgehead atoms. The molecule has 1 saturated heterocycles. The minimum absolute atomic E-state index is 0.217. The van der Waals surface area contributed by atoms with Gasteiger partial charge >= 0.3 is 0 Å². The van der Waals surface area contributed by atoms with Gasteiger partial charge in [0, 0.05) is 26.3 Å². The Kier molecular flexibility index (Phi) is 5.24. The molecule has 6 heteroatoms. The summed E-state index contributed by atoms with van der Waals surface area (Å²) in [5.41, 5.74) is 1.55. The second kappa shape index (κ2) is 7.64. The number of aryl methyl sites for hydroxylation is 1. The maximum atomic E-state index is 13.6. The number of rotatable bonds is 7. The van der Waals surface area contributed by atoms with Crippen molar-refractivity contribution in [2.75, 3.05) is 26.2 Å². The smallest absolute Gasteiger partial charge is 0.233 e. The molecule has 4 rings (SSSR count). The maximum Gasteiger partial charge on any atom is 0.233 e. The topological polar surface area (TPSA) is 41.4 Å². The summed E-state index contributed by atoms with van der Waals surface area (Å²) in [6.45, 7) is 4.38. The first-order valence-corrected chi connectivity index (χ1v) is 10.2. The van der Waals surface area contributed by atoms with E-state index in [-0.39, 0.29) is 11.3 Å². The molecule has 1 aliphatic heterocycles. The van der Waals surface area contributed by atoms with Crippen molar-refractivity contribution in [2.24, 2.45) is 7.05 Å². The fourth-order valence-corrected chi connectivity index (χ4v) is 4.36. The lowest BCUT2D eigenvalue weighted by molar-refractivity contribution is -0.134. The van der Waals surface area contributed by atoms with Gasteiger partial charge in [0.25, 0.3) is 0 Å². The Hall–Kier alpha value is -1.85. The Morgan fingerprint density at radius 1 is 1.22 bits per heavy atom. The van der Waals surface area contributed by atoms with E-state index >= 15 is 0 Å². The number of hydrogen-bond acceptors (Lipinski definition) is 3. The van der Waals surface area contributed by atoms with Crippen molar-refractivity contribution in [3.63, 3.8) is 0 Å². The van der Waals surface area contributed by atoms with Crippen LogP contribution >= 0.6 is 11.6 Å². The highest BCUT2D eigenvalue weighted by Gasteiger charge is 2.53. The van der Waals surface area contributed by atoms with Crippen LogP contribution in [-0.4, -0.2) is 51.7 Å². The van der Waals surface area contributed by atoms with E-state index in [4.69, 9.17) is 11.6 Å². The lowest BCUT2D eigenvalue weighted by Crippen LogP contribution is -2.43. The van der Waals surface area contributed by atoms with E-state index in [0.717, 1.165) is 50.3 Å². The molecule has 2 fully saturated rings. The van der Waals surface area contributed by atoms with Crippen molar-refractivity contribution in [1.82, 2.24) is 19.6 Å². The van der Waals surface area contributed by atoms with Gasteiger partial charge in [0.05, 0.1) is 17.0 Å². The van der Waals surface area contributed by atoms with E-state index in [0.29, 0.717) is 11.6 Å². The Balaban J connectivity index is 1.54. The molecular formula is C21H27ClN4O. The van der Waals surface area contributed by atoms with Crippen LogP contribution < -0.4 is 0 Å². The van der Waals surface area contributed by atoms with Crippen LogP contribution in [0.4, 0.5) is 0 Å². The SMILES string of the molecule is Cn1cc(Cl)c(CN(CCN2CCCC2)C(=O)C2(c3ccccc3)CC2)n1. The zero-order valence-electron chi connectivity index (χ0n) is 15.9. The molecule has 27 heavy (non-hydrogen) atoms. The zero-order chi connectivity index (χ0) is 18.9. The highest BCUT2D eigenvalue weighted by atomic mass is 35.5. The van der Waals surface area contributed by atoms with Crippen LogP contribution in [-0.2, 0) is 23.8 Å². The number of aromatic nitrogens is 2. The van der Waals surface area contributed by atoms with Gasteiger partial charge in [-0.1, -0.05) is 41.9 Å². The number of nitrogens with zero attached hydrogens (tertiary/aromatic N) is 4. The van der Waals surface area contributed by atoms with E-state index in [9.17, 15) is 4.79 Å². The average molecular weight is 387 g/mol. The minimum atomic E-state index is -0.354. The Morgan fingerprint density at radius 2 is 1.93 bits per heavy atom. The van der Waals surface area contributed by atoms with Crippen molar-refractivity contribution >= 4 is 17.5 Å². The number of carbonyl (C=O) groups is 1. The summed E-state index contributed by atoms with van der Waals surface area (Å²) in [5.74, 6) is 0.217. The molecule has 144 valence electrons. The van der Waals surface area contributed by atoms with E-state index in [1.165, 1.54) is 12.8 Å². The van der Waals surface area contributed by atoms with E-state index in [1.807, 2.05) is 30.1 Å². The molecule has 2 heterocycles. The van der Waals surface area contributed by atoms with E-state index in [2.05, 4.69) is 22.1 Å². The van der Waals surface area contributed by atoms with Crippen LogP contribution in [0, 0.1) is 0 Å². The summed E-state index contributed by atoms with van der Waals surface area (Å²) in [4.78, 5) is 18.0. The standard InChI is InChI=1S/C21H27ClN4O/c1-24-15-18(22)19(23-24)16-26(14-13-25-11-5-6-12-25)20(27)21(9-10-21)17-7-3-2-4-8-17/h2-4,7-8,15H,5-6,9-14,16H2,1H3. The molecule has 0 atom stereocenters. The predicted molar refractivity (Wildman–Crippen MR) is 107 cm³/mol. The Labute approximate surface area is 165 Å². The monoisotopic (exact) mass is 386 g/mol. The van der Waals surface area contributed by atoms with Crippen LogP contribution in [0.25, 0.3) is 0 Å². The van der Waals surface area contributed by atoms with E-state index in [1.54, 1.807) is 10.9 Å². The summed E-state index contributed by atoms with van der Waals surface area (Å²) < 4.78 is 1.71. The van der Waals surface area contributed by atoms with Crippen molar-refractivity contribution in [3.8, 4) is 0 Å². The molecule has 0 N–H and O–H groups in total. The molecule has 1 aromatic carbocycles. The van der Waals surface area contributed by atoms with Gasteiger partial charge in [0.15, 0.2) is 0 Å². The first-order valence-electron chi connectivity index (χ1n) is 9.84. The van der Waals surface area contributed by atoms with E-state index < -0.39 is 0 Å². The third kappa shape index (κ3) is 3.90. The Bertz CT molecular complexity index is 794.